The maximum atomic E-state index is 3.41. The lowest BCUT2D eigenvalue weighted by molar-refractivity contribution is 0.571. The van der Waals surface area contributed by atoms with E-state index in [9.17, 15) is 0 Å². The van der Waals surface area contributed by atoms with Crippen LogP contribution >= 0.6 is 0 Å². The van der Waals surface area contributed by atoms with E-state index in [2.05, 4.69) is 81.7 Å². The average molecular weight is 337 g/mol. The number of aromatic amines is 1. The molecule has 1 N–H and O–H groups in total. The summed E-state index contributed by atoms with van der Waals surface area (Å²) in [5.41, 5.74) is 1.32. The molecule has 1 aliphatic heterocycles. The predicted octanol–water partition coefficient (Wildman–Crippen LogP) is 3.34. The second-order valence-corrected chi connectivity index (χ2v) is 7.87. The third-order valence-electron chi connectivity index (χ3n) is 4.95. The minimum Gasteiger partial charge on any atom is -0.416 e. The smallest absolute Gasteiger partial charge is 0.323 e. The molecule has 0 spiro atoms. The molecule has 1 aliphatic rings. The van der Waals surface area contributed by atoms with Crippen molar-refractivity contribution in [2.24, 2.45) is 0 Å². The van der Waals surface area contributed by atoms with E-state index in [0.29, 0.717) is 14.0 Å². The SMILES string of the molecule is CCCCCN1B(C)N(c2ccccc2)[SiH]N(c2ccc[nH]2)B1C. The van der Waals surface area contributed by atoms with Crippen molar-refractivity contribution in [2.75, 3.05) is 15.5 Å². The number of aromatic nitrogens is 1. The highest BCUT2D eigenvalue weighted by molar-refractivity contribution is 6.92. The van der Waals surface area contributed by atoms with E-state index in [-0.39, 0.29) is 9.84 Å². The Kier molecular flexibility index (Phi) is 5.74. The molecule has 1 aromatic carbocycles. The molecule has 0 amide bonds. The summed E-state index contributed by atoms with van der Waals surface area (Å²) in [5.74, 6) is 1.23. The van der Waals surface area contributed by atoms with Gasteiger partial charge in [0, 0.05) is 11.9 Å². The van der Waals surface area contributed by atoms with Gasteiger partial charge in [0.1, 0.15) is 0 Å². The van der Waals surface area contributed by atoms with E-state index in [4.69, 9.17) is 0 Å². The highest BCUT2D eigenvalue weighted by atomic mass is 28.2. The van der Waals surface area contributed by atoms with Gasteiger partial charge < -0.3 is 18.7 Å². The molecule has 0 unspecified atom stereocenters. The molecule has 2 heterocycles. The Balaban J connectivity index is 1.86. The first-order valence-electron chi connectivity index (χ1n) is 9.08. The lowest BCUT2D eigenvalue weighted by Gasteiger charge is -2.50. The highest BCUT2D eigenvalue weighted by Crippen LogP contribution is 2.25. The lowest BCUT2D eigenvalue weighted by Crippen LogP contribution is -2.72. The van der Waals surface area contributed by atoms with Gasteiger partial charge in [-0.2, -0.15) is 0 Å². The molecule has 7 heteroatoms. The van der Waals surface area contributed by atoms with Gasteiger partial charge in [-0.1, -0.05) is 51.6 Å². The van der Waals surface area contributed by atoms with E-state index >= 15 is 0 Å². The van der Waals surface area contributed by atoms with Crippen LogP contribution in [0.15, 0.2) is 48.7 Å². The number of nitrogens with one attached hydrogen (secondary N) is 1. The summed E-state index contributed by atoms with van der Waals surface area (Å²) in [5, 5.41) is 0. The second-order valence-electron chi connectivity index (χ2n) is 6.53. The quantitative estimate of drug-likeness (QED) is 0.647. The average Bonchev–Trinajstić information content (AvgIpc) is 3.13. The first-order valence-corrected chi connectivity index (χ1v) is 10.1. The second kappa shape index (κ2) is 7.99. The number of rotatable bonds is 6. The molecule has 0 saturated carbocycles. The number of nitrogens with zero attached hydrogens (tertiary/aromatic N) is 3. The van der Waals surface area contributed by atoms with Crippen molar-refractivity contribution in [3.8, 4) is 0 Å². The van der Waals surface area contributed by atoms with Crippen LogP contribution in [0.2, 0.25) is 13.6 Å². The molecule has 4 nitrogen and oxygen atoms in total. The fourth-order valence-corrected chi connectivity index (χ4v) is 5.09. The van der Waals surface area contributed by atoms with Crippen LogP contribution in [-0.2, 0) is 0 Å². The summed E-state index contributed by atoms with van der Waals surface area (Å²) in [6.07, 6.45) is 5.86. The van der Waals surface area contributed by atoms with Crippen molar-refractivity contribution in [3.05, 3.63) is 48.7 Å². The summed E-state index contributed by atoms with van der Waals surface area (Å²) in [6, 6.07) is 15.1. The van der Waals surface area contributed by atoms with E-state index in [1.807, 2.05) is 6.20 Å². The Hall–Kier alpha value is -1.59. The molecule has 24 heavy (non-hydrogen) atoms. The Morgan fingerprint density at radius 3 is 2.38 bits per heavy atom. The zero-order valence-electron chi connectivity index (χ0n) is 15.0. The number of hydrogen-bond donors (Lipinski definition) is 1. The summed E-state index contributed by atoms with van der Waals surface area (Å²) in [7, 11) is 0.00465. The lowest BCUT2D eigenvalue weighted by atomic mass is 9.61. The van der Waals surface area contributed by atoms with Gasteiger partial charge in [-0.15, -0.1) is 0 Å². The molecule has 1 radical (unpaired) electrons. The van der Waals surface area contributed by atoms with Crippen LogP contribution in [-0.4, -0.2) is 40.1 Å². The zero-order chi connectivity index (χ0) is 16.9. The van der Waals surface area contributed by atoms with Gasteiger partial charge in [-0.05, 0) is 37.2 Å². The number of benzene rings is 1. The van der Waals surface area contributed by atoms with Crippen LogP contribution < -0.4 is 8.95 Å². The molecule has 0 atom stereocenters. The molecule has 1 saturated heterocycles. The molecule has 2 aromatic rings. The third-order valence-corrected chi connectivity index (χ3v) is 6.88. The van der Waals surface area contributed by atoms with Crippen LogP contribution in [0.3, 0.4) is 0 Å². The Labute approximate surface area is 149 Å². The van der Waals surface area contributed by atoms with E-state index < -0.39 is 0 Å². The molecular weight excluding hydrogens is 310 g/mol. The first kappa shape index (κ1) is 17.2. The van der Waals surface area contributed by atoms with Crippen LogP contribution in [0.5, 0.6) is 0 Å². The molecule has 1 aromatic heterocycles. The summed E-state index contributed by atoms with van der Waals surface area (Å²) < 4.78 is 7.76. The van der Waals surface area contributed by atoms with Gasteiger partial charge in [0.05, 0.1) is 5.82 Å². The number of anilines is 2. The van der Waals surface area contributed by atoms with E-state index in [1.54, 1.807) is 0 Å². The van der Waals surface area contributed by atoms with Crippen molar-refractivity contribution in [1.82, 2.24) is 9.71 Å². The molecule has 0 bridgehead atoms. The topological polar surface area (TPSA) is 25.5 Å². The molecule has 1 fully saturated rings. The normalized spacial score (nSPS) is 16.1. The largest absolute Gasteiger partial charge is 0.416 e. The van der Waals surface area contributed by atoms with Gasteiger partial charge in [0.25, 0.3) is 9.84 Å². The third kappa shape index (κ3) is 3.57. The number of H-pyrrole nitrogens is 1. The summed E-state index contributed by atoms with van der Waals surface area (Å²) in [4.78, 5) is 3.41. The maximum Gasteiger partial charge on any atom is 0.323 e. The van der Waals surface area contributed by atoms with Crippen molar-refractivity contribution in [3.63, 3.8) is 0 Å². The summed E-state index contributed by atoms with van der Waals surface area (Å²) >= 11 is 0. The zero-order valence-corrected chi connectivity index (χ0v) is 16.2. The van der Waals surface area contributed by atoms with E-state index in [0.717, 1.165) is 6.54 Å². The van der Waals surface area contributed by atoms with Crippen molar-refractivity contribution >= 4 is 35.3 Å². The van der Waals surface area contributed by atoms with Crippen LogP contribution in [0.1, 0.15) is 26.2 Å². The van der Waals surface area contributed by atoms with Gasteiger partial charge in [-0.3, -0.25) is 0 Å². The monoisotopic (exact) mass is 337 g/mol. The number of hydrogen-bond acceptors (Lipinski definition) is 3. The molecular formula is C17H27B2N4Si. The standard InChI is InChI=1S/C17H27B2N4Si/c1-4-5-9-15-21-18(2)22(16-11-7-6-8-12-16)24-23(19(21)3)17-13-10-14-20-17/h6-8,10-14,20,24H,4-5,9,15H2,1-3H3. The van der Waals surface area contributed by atoms with Crippen molar-refractivity contribution < 1.29 is 0 Å². The number of unbranched alkanes of at least 4 members (excludes halogenated alkanes) is 2. The van der Waals surface area contributed by atoms with Gasteiger partial charge in [0.15, 0.2) is 0 Å². The van der Waals surface area contributed by atoms with E-state index in [1.165, 1.54) is 30.8 Å². The van der Waals surface area contributed by atoms with Gasteiger partial charge in [0.2, 0.25) is 0 Å². The van der Waals surface area contributed by atoms with Crippen molar-refractivity contribution in [2.45, 2.75) is 39.8 Å². The number of para-hydroxylation sites is 1. The van der Waals surface area contributed by atoms with Crippen LogP contribution in [0.25, 0.3) is 0 Å². The fraction of sp³-hybridized carbons (Fsp3) is 0.412. The first-order chi connectivity index (χ1) is 11.7. The Morgan fingerprint density at radius 2 is 1.71 bits per heavy atom. The summed E-state index contributed by atoms with van der Waals surface area (Å²) in [6.45, 7) is 8.98. The highest BCUT2D eigenvalue weighted by Gasteiger charge is 2.41. The van der Waals surface area contributed by atoms with Crippen LogP contribution in [0, 0.1) is 0 Å². The Bertz CT molecular complexity index is 610. The molecule has 0 aliphatic carbocycles. The van der Waals surface area contributed by atoms with Crippen molar-refractivity contribution in [1.29, 1.82) is 0 Å². The minimum atomic E-state index is 0.00465. The van der Waals surface area contributed by atoms with Gasteiger partial charge in [-0.25, -0.2) is 0 Å². The molecule has 125 valence electrons. The Morgan fingerprint density at radius 1 is 0.958 bits per heavy atom. The van der Waals surface area contributed by atoms with Crippen LogP contribution in [0.4, 0.5) is 11.5 Å². The fourth-order valence-electron chi connectivity index (χ4n) is 3.50. The minimum absolute atomic E-state index is 0.00465. The predicted molar refractivity (Wildman–Crippen MR) is 109 cm³/mol. The molecule has 3 rings (SSSR count). The van der Waals surface area contributed by atoms with Gasteiger partial charge >= 0.3 is 14.0 Å². The maximum absolute atomic E-state index is 3.41.